The molecule has 1 saturated heterocycles. The summed E-state index contributed by atoms with van der Waals surface area (Å²) in [6.45, 7) is 8.59. The molecule has 0 aromatic heterocycles. The lowest BCUT2D eigenvalue weighted by molar-refractivity contribution is 0.318. The highest BCUT2D eigenvalue weighted by atomic mass is 32.2. The molecular weight excluding hydrogens is 426 g/mol. The van der Waals surface area contributed by atoms with Gasteiger partial charge >= 0.3 is 0 Å². The second-order valence-corrected chi connectivity index (χ2v) is 9.61. The fourth-order valence-electron chi connectivity index (χ4n) is 3.94. The Morgan fingerprint density at radius 3 is 2.47 bits per heavy atom. The van der Waals surface area contributed by atoms with Crippen LogP contribution in [0.4, 0.5) is 11.4 Å². The molecular formula is C24H33N3O4S. The Labute approximate surface area is 191 Å². The number of sulfonamides is 1. The van der Waals surface area contributed by atoms with E-state index in [1.807, 2.05) is 26.8 Å². The third-order valence-corrected chi connectivity index (χ3v) is 7.71. The second kappa shape index (κ2) is 10.8. The second-order valence-electron chi connectivity index (χ2n) is 7.67. The maximum atomic E-state index is 13.1. The van der Waals surface area contributed by atoms with Crippen molar-refractivity contribution in [3.05, 3.63) is 42.0 Å². The van der Waals surface area contributed by atoms with Crippen molar-refractivity contribution in [3.63, 3.8) is 0 Å². The maximum absolute atomic E-state index is 13.1. The third-order valence-electron chi connectivity index (χ3n) is 5.66. The number of anilines is 1. The molecule has 0 amide bonds. The molecule has 0 spiro atoms. The Kier molecular flexibility index (Phi) is 8.15. The molecule has 1 aliphatic heterocycles. The van der Waals surface area contributed by atoms with Crippen molar-refractivity contribution in [1.29, 1.82) is 0 Å². The highest BCUT2D eigenvalue weighted by Gasteiger charge is 2.24. The zero-order chi connectivity index (χ0) is 23.1. The van der Waals surface area contributed by atoms with Crippen LogP contribution in [0.1, 0.15) is 45.6 Å². The normalized spacial score (nSPS) is 14.9. The van der Waals surface area contributed by atoms with Gasteiger partial charge in [0.05, 0.1) is 22.9 Å². The van der Waals surface area contributed by atoms with Gasteiger partial charge in [0.15, 0.2) is 11.5 Å². The lowest BCUT2D eigenvalue weighted by Gasteiger charge is -2.30. The highest BCUT2D eigenvalue weighted by Crippen LogP contribution is 2.35. The summed E-state index contributed by atoms with van der Waals surface area (Å²) in [5.41, 5.74) is 1.98. The summed E-state index contributed by atoms with van der Waals surface area (Å²) in [5, 5.41) is 10.5. The number of nitrogens with zero attached hydrogens (tertiary/aromatic N) is 3. The van der Waals surface area contributed by atoms with Crippen molar-refractivity contribution in [2.75, 3.05) is 37.7 Å². The Morgan fingerprint density at radius 1 is 1.09 bits per heavy atom. The Hall–Kier alpha value is -2.58. The van der Waals surface area contributed by atoms with E-state index in [0.717, 1.165) is 31.6 Å². The van der Waals surface area contributed by atoms with Gasteiger partial charge in [0.2, 0.25) is 10.0 Å². The van der Waals surface area contributed by atoms with Crippen molar-refractivity contribution in [2.24, 2.45) is 4.99 Å². The largest absolute Gasteiger partial charge is 0.504 e. The van der Waals surface area contributed by atoms with Gasteiger partial charge in [-0.05, 0) is 56.5 Å². The number of para-hydroxylation sites is 1. The molecule has 0 unspecified atom stereocenters. The van der Waals surface area contributed by atoms with Crippen LogP contribution < -0.4 is 9.64 Å². The van der Waals surface area contributed by atoms with Crippen LogP contribution in [0, 0.1) is 0 Å². The van der Waals surface area contributed by atoms with Crippen LogP contribution in [0.2, 0.25) is 0 Å². The van der Waals surface area contributed by atoms with E-state index in [-0.39, 0.29) is 10.6 Å². The molecule has 0 atom stereocenters. The van der Waals surface area contributed by atoms with Gasteiger partial charge in [-0.25, -0.2) is 8.42 Å². The van der Waals surface area contributed by atoms with E-state index < -0.39 is 10.0 Å². The number of ether oxygens (including phenoxy) is 1. The van der Waals surface area contributed by atoms with Gasteiger partial charge in [-0.15, -0.1) is 0 Å². The number of piperidine rings is 1. The summed E-state index contributed by atoms with van der Waals surface area (Å²) in [4.78, 5) is 7.11. The predicted octanol–water partition coefficient (Wildman–Crippen LogP) is 4.56. The standard InChI is InChI=1S/C24H33N3O4S/c1-4-27(5-2)32(29,30)20-13-14-22(26-15-8-7-9-16-26)21(17-20)25-18-19-11-10-12-23(24(19)28)31-6-3/h10-14,17-18,28H,4-9,15-16H2,1-3H3. The van der Waals surface area contributed by atoms with Gasteiger partial charge in [-0.3, -0.25) is 4.99 Å². The van der Waals surface area contributed by atoms with Crippen molar-refractivity contribution >= 4 is 27.6 Å². The molecule has 7 nitrogen and oxygen atoms in total. The van der Waals surface area contributed by atoms with Gasteiger partial charge in [0, 0.05) is 38.0 Å². The molecule has 0 bridgehead atoms. The zero-order valence-electron chi connectivity index (χ0n) is 19.1. The fourth-order valence-corrected chi connectivity index (χ4v) is 5.42. The van der Waals surface area contributed by atoms with Crippen LogP contribution in [-0.4, -0.2) is 56.8 Å². The molecule has 32 heavy (non-hydrogen) atoms. The molecule has 0 aliphatic carbocycles. The van der Waals surface area contributed by atoms with Crippen molar-refractivity contribution < 1.29 is 18.3 Å². The average Bonchev–Trinajstić information content (AvgIpc) is 2.81. The van der Waals surface area contributed by atoms with Gasteiger partial charge < -0.3 is 14.7 Å². The summed E-state index contributed by atoms with van der Waals surface area (Å²) in [7, 11) is -3.60. The fraction of sp³-hybridized carbons (Fsp3) is 0.458. The van der Waals surface area contributed by atoms with Crippen LogP contribution in [0.25, 0.3) is 0 Å². The van der Waals surface area contributed by atoms with Gasteiger partial charge in [0.1, 0.15) is 0 Å². The molecule has 0 saturated carbocycles. The molecule has 1 N–H and O–H groups in total. The molecule has 174 valence electrons. The smallest absolute Gasteiger partial charge is 0.243 e. The average molecular weight is 460 g/mol. The SMILES string of the molecule is CCOc1cccc(C=Nc2cc(S(=O)(=O)N(CC)CC)ccc2N2CCCCC2)c1O. The predicted molar refractivity (Wildman–Crippen MR) is 129 cm³/mol. The van der Waals surface area contributed by atoms with E-state index in [1.165, 1.54) is 10.7 Å². The molecule has 2 aromatic rings. The molecule has 0 radical (unpaired) electrons. The minimum absolute atomic E-state index is 0.0181. The molecule has 8 heteroatoms. The van der Waals surface area contributed by atoms with Gasteiger partial charge in [0.25, 0.3) is 0 Å². The first-order valence-corrected chi connectivity index (χ1v) is 12.7. The topological polar surface area (TPSA) is 82.4 Å². The van der Waals surface area contributed by atoms with E-state index in [1.54, 1.807) is 36.5 Å². The number of aromatic hydroxyl groups is 1. The maximum Gasteiger partial charge on any atom is 0.243 e. The summed E-state index contributed by atoms with van der Waals surface area (Å²) in [6.07, 6.45) is 4.95. The summed E-state index contributed by atoms with van der Waals surface area (Å²) >= 11 is 0. The van der Waals surface area contributed by atoms with Crippen molar-refractivity contribution in [1.82, 2.24) is 4.31 Å². The molecule has 3 rings (SSSR count). The first-order chi connectivity index (χ1) is 15.4. The summed E-state index contributed by atoms with van der Waals surface area (Å²) in [6, 6.07) is 10.4. The lowest BCUT2D eigenvalue weighted by Crippen LogP contribution is -2.31. The van der Waals surface area contributed by atoms with E-state index in [9.17, 15) is 13.5 Å². The van der Waals surface area contributed by atoms with E-state index in [4.69, 9.17) is 4.74 Å². The van der Waals surface area contributed by atoms with E-state index in [2.05, 4.69) is 9.89 Å². The number of hydrogen-bond donors (Lipinski definition) is 1. The lowest BCUT2D eigenvalue weighted by atomic mass is 10.1. The Balaban J connectivity index is 2.05. The number of phenolic OH excluding ortho intramolecular Hbond substituents is 1. The molecule has 1 aliphatic rings. The first-order valence-electron chi connectivity index (χ1n) is 11.3. The number of aliphatic imine (C=N–C) groups is 1. The van der Waals surface area contributed by atoms with Crippen LogP contribution >= 0.6 is 0 Å². The Morgan fingerprint density at radius 2 is 1.81 bits per heavy atom. The summed E-state index contributed by atoms with van der Waals surface area (Å²) in [5.74, 6) is 0.412. The minimum Gasteiger partial charge on any atom is -0.504 e. The van der Waals surface area contributed by atoms with Crippen LogP contribution in [0.5, 0.6) is 11.5 Å². The van der Waals surface area contributed by atoms with Crippen LogP contribution in [0.15, 0.2) is 46.3 Å². The number of hydrogen-bond acceptors (Lipinski definition) is 6. The van der Waals surface area contributed by atoms with E-state index >= 15 is 0 Å². The number of phenols is 1. The highest BCUT2D eigenvalue weighted by molar-refractivity contribution is 7.89. The third kappa shape index (κ3) is 5.24. The Bertz CT molecular complexity index is 1040. The van der Waals surface area contributed by atoms with Gasteiger partial charge in [-0.1, -0.05) is 19.9 Å². The summed E-state index contributed by atoms with van der Waals surface area (Å²) < 4.78 is 33.1. The zero-order valence-corrected chi connectivity index (χ0v) is 19.9. The van der Waals surface area contributed by atoms with Crippen molar-refractivity contribution in [2.45, 2.75) is 44.9 Å². The van der Waals surface area contributed by atoms with Gasteiger partial charge in [-0.2, -0.15) is 4.31 Å². The molecule has 1 fully saturated rings. The number of benzene rings is 2. The van der Waals surface area contributed by atoms with E-state index in [0.29, 0.717) is 36.7 Å². The minimum atomic E-state index is -3.60. The molecule has 2 aromatic carbocycles. The molecule has 1 heterocycles. The quantitative estimate of drug-likeness (QED) is 0.556. The number of rotatable bonds is 9. The monoisotopic (exact) mass is 459 g/mol. The van der Waals surface area contributed by atoms with Crippen LogP contribution in [-0.2, 0) is 10.0 Å². The van der Waals surface area contributed by atoms with Crippen molar-refractivity contribution in [3.8, 4) is 11.5 Å². The first kappa shape index (κ1) is 24.1. The van der Waals surface area contributed by atoms with Crippen LogP contribution in [0.3, 0.4) is 0 Å².